The fraction of sp³-hybridized carbons (Fsp3) is 0.600. The van der Waals surface area contributed by atoms with Crippen molar-refractivity contribution in [3.8, 4) is 5.75 Å². The van der Waals surface area contributed by atoms with Crippen LogP contribution in [0.15, 0.2) is 24.3 Å². The van der Waals surface area contributed by atoms with Gasteiger partial charge in [-0.3, -0.25) is 0 Å². The Labute approximate surface area is 115 Å². The van der Waals surface area contributed by atoms with Crippen LogP contribution in [0, 0.1) is 0 Å². The summed E-state index contributed by atoms with van der Waals surface area (Å²) in [6.45, 7) is 3.54. The largest absolute Gasteiger partial charge is 0.495 e. The van der Waals surface area contributed by atoms with Crippen LogP contribution in [0.25, 0.3) is 0 Å². The van der Waals surface area contributed by atoms with Crippen molar-refractivity contribution in [1.82, 2.24) is 0 Å². The Bertz CT molecular complexity index is 376. The van der Waals surface area contributed by atoms with Gasteiger partial charge in [0.2, 0.25) is 0 Å². The van der Waals surface area contributed by atoms with Gasteiger partial charge in [0.05, 0.1) is 18.9 Å². The average Bonchev–Trinajstić information content (AvgIpc) is 2.48. The molecule has 2 rings (SSSR count). The van der Waals surface area contributed by atoms with Crippen molar-refractivity contribution in [1.29, 1.82) is 0 Å². The fourth-order valence-electron chi connectivity index (χ4n) is 2.49. The van der Waals surface area contributed by atoms with E-state index in [1.54, 1.807) is 7.11 Å². The van der Waals surface area contributed by atoms with Gasteiger partial charge in [0, 0.05) is 19.7 Å². The molecule has 0 radical (unpaired) electrons. The van der Waals surface area contributed by atoms with Gasteiger partial charge in [0.25, 0.3) is 0 Å². The smallest absolute Gasteiger partial charge is 0.142 e. The first-order valence-corrected chi connectivity index (χ1v) is 7.04. The monoisotopic (exact) mass is 264 g/mol. The van der Waals surface area contributed by atoms with Crippen molar-refractivity contribution in [2.24, 2.45) is 5.73 Å². The quantitative estimate of drug-likeness (QED) is 0.799. The molecule has 1 saturated heterocycles. The molecule has 0 aromatic heterocycles. The first-order chi connectivity index (χ1) is 9.35. The molecule has 1 fully saturated rings. The minimum absolute atomic E-state index is 0.387. The van der Waals surface area contributed by atoms with Gasteiger partial charge in [-0.05, 0) is 37.9 Å². The van der Waals surface area contributed by atoms with Crippen molar-refractivity contribution >= 4 is 5.69 Å². The Morgan fingerprint density at radius 3 is 2.68 bits per heavy atom. The van der Waals surface area contributed by atoms with Crippen LogP contribution < -0.4 is 15.4 Å². The van der Waals surface area contributed by atoms with Gasteiger partial charge >= 0.3 is 0 Å². The molecule has 1 aromatic rings. The molecule has 0 unspecified atom stereocenters. The van der Waals surface area contributed by atoms with E-state index in [1.807, 2.05) is 12.1 Å². The van der Waals surface area contributed by atoms with Crippen LogP contribution in [0.1, 0.15) is 19.3 Å². The standard InChI is InChI=1S/C15H24N2O2/c1-18-15-6-3-2-5-14(15)17-10-7-13(8-11-17)19-12-4-9-16/h2-3,5-6,13H,4,7-12,16H2,1H3. The Morgan fingerprint density at radius 1 is 1.26 bits per heavy atom. The molecule has 0 aliphatic carbocycles. The van der Waals surface area contributed by atoms with Gasteiger partial charge in [-0.2, -0.15) is 0 Å². The molecule has 0 amide bonds. The van der Waals surface area contributed by atoms with Crippen molar-refractivity contribution in [3.05, 3.63) is 24.3 Å². The molecule has 2 N–H and O–H groups in total. The van der Waals surface area contributed by atoms with E-state index in [0.29, 0.717) is 12.6 Å². The van der Waals surface area contributed by atoms with Crippen LogP contribution in [0.4, 0.5) is 5.69 Å². The van der Waals surface area contributed by atoms with Crippen LogP contribution in [-0.2, 0) is 4.74 Å². The predicted molar refractivity (Wildman–Crippen MR) is 77.9 cm³/mol. The first kappa shape index (κ1) is 14.2. The van der Waals surface area contributed by atoms with Gasteiger partial charge in [-0.25, -0.2) is 0 Å². The molecule has 4 nitrogen and oxygen atoms in total. The van der Waals surface area contributed by atoms with Crippen LogP contribution in [0.2, 0.25) is 0 Å². The van der Waals surface area contributed by atoms with Gasteiger partial charge in [0.15, 0.2) is 0 Å². The summed E-state index contributed by atoms with van der Waals surface area (Å²) in [6.07, 6.45) is 3.48. The first-order valence-electron chi connectivity index (χ1n) is 7.04. The summed E-state index contributed by atoms with van der Waals surface area (Å²) in [7, 11) is 1.72. The number of nitrogens with zero attached hydrogens (tertiary/aromatic N) is 1. The van der Waals surface area contributed by atoms with Gasteiger partial charge in [-0.1, -0.05) is 12.1 Å². The van der Waals surface area contributed by atoms with E-state index in [-0.39, 0.29) is 0 Å². The number of methoxy groups -OCH3 is 1. The summed E-state index contributed by atoms with van der Waals surface area (Å²) in [5, 5.41) is 0. The molecule has 0 saturated carbocycles. The van der Waals surface area contributed by atoms with E-state index in [2.05, 4.69) is 17.0 Å². The number of para-hydroxylation sites is 2. The molecule has 0 atom stereocenters. The summed E-state index contributed by atoms with van der Waals surface area (Å²) in [5.74, 6) is 0.949. The summed E-state index contributed by atoms with van der Waals surface area (Å²) in [6, 6.07) is 8.19. The summed E-state index contributed by atoms with van der Waals surface area (Å²) < 4.78 is 11.2. The average molecular weight is 264 g/mol. The van der Waals surface area contributed by atoms with Crippen molar-refractivity contribution in [2.75, 3.05) is 38.3 Å². The third-order valence-corrected chi connectivity index (χ3v) is 3.57. The van der Waals surface area contributed by atoms with E-state index >= 15 is 0 Å². The molecule has 0 bridgehead atoms. The molecule has 19 heavy (non-hydrogen) atoms. The molecular weight excluding hydrogens is 240 g/mol. The van der Waals surface area contributed by atoms with Crippen molar-refractivity contribution in [2.45, 2.75) is 25.4 Å². The number of nitrogens with two attached hydrogens (primary N) is 1. The number of hydrogen-bond donors (Lipinski definition) is 1. The normalized spacial score (nSPS) is 16.6. The molecule has 1 aliphatic rings. The highest BCUT2D eigenvalue weighted by atomic mass is 16.5. The third-order valence-electron chi connectivity index (χ3n) is 3.57. The highest BCUT2D eigenvalue weighted by Gasteiger charge is 2.21. The Hall–Kier alpha value is -1.26. The molecule has 4 heteroatoms. The highest BCUT2D eigenvalue weighted by molar-refractivity contribution is 5.58. The second-order valence-electron chi connectivity index (χ2n) is 4.87. The second kappa shape index (κ2) is 7.36. The Kier molecular flexibility index (Phi) is 5.48. The number of anilines is 1. The van der Waals surface area contributed by atoms with Gasteiger partial charge < -0.3 is 20.1 Å². The zero-order valence-corrected chi connectivity index (χ0v) is 11.7. The topological polar surface area (TPSA) is 47.7 Å². The van der Waals surface area contributed by atoms with Crippen LogP contribution >= 0.6 is 0 Å². The second-order valence-corrected chi connectivity index (χ2v) is 4.87. The summed E-state index contributed by atoms with van der Waals surface area (Å²) in [5.41, 5.74) is 6.66. The van der Waals surface area contributed by atoms with Crippen LogP contribution in [-0.4, -0.2) is 39.5 Å². The number of rotatable bonds is 6. The molecule has 1 aliphatic heterocycles. The van der Waals surface area contributed by atoms with Crippen LogP contribution in [0.5, 0.6) is 5.75 Å². The lowest BCUT2D eigenvalue weighted by Gasteiger charge is -2.34. The Balaban J connectivity index is 1.85. The fourth-order valence-corrected chi connectivity index (χ4v) is 2.49. The highest BCUT2D eigenvalue weighted by Crippen LogP contribution is 2.30. The maximum absolute atomic E-state index is 5.83. The van der Waals surface area contributed by atoms with E-state index in [1.165, 1.54) is 5.69 Å². The number of hydrogen-bond acceptors (Lipinski definition) is 4. The molecule has 0 spiro atoms. The van der Waals surface area contributed by atoms with Crippen molar-refractivity contribution < 1.29 is 9.47 Å². The van der Waals surface area contributed by atoms with E-state index in [0.717, 1.165) is 44.7 Å². The van der Waals surface area contributed by atoms with E-state index in [4.69, 9.17) is 15.2 Å². The van der Waals surface area contributed by atoms with Crippen LogP contribution in [0.3, 0.4) is 0 Å². The van der Waals surface area contributed by atoms with Crippen molar-refractivity contribution in [3.63, 3.8) is 0 Å². The Morgan fingerprint density at radius 2 is 2.00 bits per heavy atom. The lowest BCUT2D eigenvalue weighted by molar-refractivity contribution is 0.0366. The lowest BCUT2D eigenvalue weighted by Crippen LogP contribution is -2.37. The molecule has 1 heterocycles. The molecule has 1 aromatic carbocycles. The molecular formula is C15H24N2O2. The summed E-state index contributed by atoms with van der Waals surface area (Å²) >= 11 is 0. The van der Waals surface area contributed by atoms with Gasteiger partial charge in [0.1, 0.15) is 5.75 Å². The third kappa shape index (κ3) is 3.85. The molecule has 106 valence electrons. The zero-order valence-electron chi connectivity index (χ0n) is 11.7. The minimum atomic E-state index is 0.387. The maximum Gasteiger partial charge on any atom is 0.142 e. The summed E-state index contributed by atoms with van der Waals surface area (Å²) in [4.78, 5) is 2.38. The van der Waals surface area contributed by atoms with E-state index < -0.39 is 0 Å². The predicted octanol–water partition coefficient (Wildman–Crippen LogP) is 2.03. The SMILES string of the molecule is COc1ccccc1N1CCC(OCCCN)CC1. The zero-order chi connectivity index (χ0) is 13.5. The maximum atomic E-state index is 5.83. The number of ether oxygens (including phenoxy) is 2. The minimum Gasteiger partial charge on any atom is -0.495 e. The number of benzene rings is 1. The lowest BCUT2D eigenvalue weighted by atomic mass is 10.1. The number of piperidine rings is 1. The van der Waals surface area contributed by atoms with Gasteiger partial charge in [-0.15, -0.1) is 0 Å². The van der Waals surface area contributed by atoms with E-state index in [9.17, 15) is 0 Å².